The van der Waals surface area contributed by atoms with Crippen LogP contribution in [0.3, 0.4) is 0 Å². The highest BCUT2D eigenvalue weighted by Crippen LogP contribution is 2.00. The van der Waals surface area contributed by atoms with E-state index in [2.05, 4.69) is 10.6 Å². The van der Waals surface area contributed by atoms with Gasteiger partial charge in [0.25, 0.3) is 0 Å². The molecule has 0 aromatic rings. The molecule has 0 saturated carbocycles. The van der Waals surface area contributed by atoms with Gasteiger partial charge in [0.2, 0.25) is 11.8 Å². The lowest BCUT2D eigenvalue weighted by molar-refractivity contribution is -0.131. The molecule has 0 aliphatic rings. The minimum atomic E-state index is -0.531. The van der Waals surface area contributed by atoms with Crippen molar-refractivity contribution >= 4 is 11.8 Å². The molecule has 0 spiro atoms. The third kappa shape index (κ3) is 5.11. The predicted molar refractivity (Wildman–Crippen MR) is 63.7 cm³/mol. The Morgan fingerprint density at radius 2 is 1.44 bits per heavy atom. The Labute approximate surface area is 97.2 Å². The molecule has 0 fully saturated rings. The van der Waals surface area contributed by atoms with Crippen molar-refractivity contribution in [3.05, 3.63) is 0 Å². The Hall–Kier alpha value is -1.10. The first-order valence-electron chi connectivity index (χ1n) is 5.62. The molecule has 0 heterocycles. The molecule has 0 aliphatic heterocycles. The maximum atomic E-state index is 11.6. The molecule has 0 saturated heterocycles. The topological polar surface area (TPSA) is 84.2 Å². The largest absolute Gasteiger partial charge is 0.352 e. The predicted octanol–water partition coefficient (Wildman–Crippen LogP) is -0.001000. The molecular formula is C11H23N3O2. The maximum absolute atomic E-state index is 11.6. The smallest absolute Gasteiger partial charge is 0.242 e. The van der Waals surface area contributed by atoms with Crippen molar-refractivity contribution in [3.63, 3.8) is 0 Å². The minimum absolute atomic E-state index is 0.0673. The first kappa shape index (κ1) is 14.9. The molecule has 0 rings (SSSR count). The summed E-state index contributed by atoms with van der Waals surface area (Å²) in [7, 11) is 0. The van der Waals surface area contributed by atoms with E-state index in [1.54, 1.807) is 20.8 Å². The van der Waals surface area contributed by atoms with Crippen molar-refractivity contribution in [1.29, 1.82) is 0 Å². The van der Waals surface area contributed by atoms with Crippen LogP contribution in [0.2, 0.25) is 0 Å². The second kappa shape index (κ2) is 6.48. The first-order valence-corrected chi connectivity index (χ1v) is 5.62. The van der Waals surface area contributed by atoms with Crippen molar-refractivity contribution in [2.75, 3.05) is 0 Å². The lowest BCUT2D eigenvalue weighted by Gasteiger charge is -2.20. The molecule has 0 aliphatic carbocycles. The summed E-state index contributed by atoms with van der Waals surface area (Å²) in [6, 6.07) is -0.686. The second-order valence-electron chi connectivity index (χ2n) is 4.54. The molecule has 3 unspecified atom stereocenters. The molecular weight excluding hydrogens is 206 g/mol. The molecule has 16 heavy (non-hydrogen) atoms. The molecule has 2 amide bonds. The van der Waals surface area contributed by atoms with E-state index in [4.69, 9.17) is 5.73 Å². The van der Waals surface area contributed by atoms with Gasteiger partial charge < -0.3 is 16.4 Å². The monoisotopic (exact) mass is 229 g/mol. The van der Waals surface area contributed by atoms with E-state index in [0.717, 1.165) is 0 Å². The van der Waals surface area contributed by atoms with Gasteiger partial charge >= 0.3 is 0 Å². The lowest BCUT2D eigenvalue weighted by Crippen LogP contribution is -2.49. The molecule has 0 bridgehead atoms. The number of amides is 2. The number of hydrogen-bond acceptors (Lipinski definition) is 3. The van der Waals surface area contributed by atoms with Crippen LogP contribution >= 0.6 is 0 Å². The maximum Gasteiger partial charge on any atom is 0.242 e. The van der Waals surface area contributed by atoms with E-state index in [9.17, 15) is 9.59 Å². The molecule has 0 radical (unpaired) electrons. The summed E-state index contributed by atoms with van der Waals surface area (Å²) in [6.45, 7) is 8.91. The van der Waals surface area contributed by atoms with Gasteiger partial charge in [-0.25, -0.2) is 0 Å². The van der Waals surface area contributed by atoms with Gasteiger partial charge in [0.15, 0.2) is 0 Å². The minimum Gasteiger partial charge on any atom is -0.352 e. The number of carbonyl (C=O) groups excluding carboxylic acids is 2. The molecule has 5 nitrogen and oxygen atoms in total. The third-order valence-electron chi connectivity index (χ3n) is 2.39. The summed E-state index contributed by atoms with van der Waals surface area (Å²) in [5.74, 6) is -0.670. The summed E-state index contributed by atoms with van der Waals surface area (Å²) in [4.78, 5) is 23.1. The zero-order valence-electron chi connectivity index (χ0n) is 10.7. The fraction of sp³-hybridized carbons (Fsp3) is 0.818. The van der Waals surface area contributed by atoms with Crippen LogP contribution in [0.5, 0.6) is 0 Å². The summed E-state index contributed by atoms with van der Waals surface area (Å²) in [5, 5.41) is 5.37. The van der Waals surface area contributed by atoms with Gasteiger partial charge in [-0.2, -0.15) is 0 Å². The molecule has 4 N–H and O–H groups in total. The van der Waals surface area contributed by atoms with Crippen molar-refractivity contribution < 1.29 is 9.59 Å². The SMILES string of the molecule is CC(C)NC(=O)C(C)NC(=O)C(C)C(C)N. The zero-order valence-corrected chi connectivity index (χ0v) is 10.7. The first-order chi connectivity index (χ1) is 7.25. The van der Waals surface area contributed by atoms with Crippen molar-refractivity contribution in [3.8, 4) is 0 Å². The van der Waals surface area contributed by atoms with E-state index in [0.29, 0.717) is 0 Å². The van der Waals surface area contributed by atoms with Gasteiger partial charge in [-0.05, 0) is 27.7 Å². The molecule has 0 aromatic heterocycles. The third-order valence-corrected chi connectivity index (χ3v) is 2.39. The van der Waals surface area contributed by atoms with Crippen molar-refractivity contribution in [1.82, 2.24) is 10.6 Å². The Kier molecular flexibility index (Phi) is 6.03. The van der Waals surface area contributed by atoms with E-state index in [1.807, 2.05) is 13.8 Å². The van der Waals surface area contributed by atoms with Gasteiger partial charge in [0.05, 0.1) is 0 Å². The van der Waals surface area contributed by atoms with Crippen LogP contribution in [0.15, 0.2) is 0 Å². The van der Waals surface area contributed by atoms with E-state index in [1.165, 1.54) is 0 Å². The fourth-order valence-corrected chi connectivity index (χ4v) is 1.06. The zero-order chi connectivity index (χ0) is 12.9. The van der Waals surface area contributed by atoms with Gasteiger partial charge in [0, 0.05) is 18.0 Å². The quantitative estimate of drug-likeness (QED) is 0.620. The lowest BCUT2D eigenvalue weighted by atomic mass is 10.0. The summed E-state index contributed by atoms with van der Waals surface area (Å²) in [5.41, 5.74) is 5.61. The van der Waals surface area contributed by atoms with Crippen molar-refractivity contribution in [2.24, 2.45) is 11.7 Å². The Morgan fingerprint density at radius 1 is 0.938 bits per heavy atom. The number of rotatable bonds is 5. The highest BCUT2D eigenvalue weighted by Gasteiger charge is 2.21. The van der Waals surface area contributed by atoms with Crippen LogP contribution in [-0.4, -0.2) is 29.9 Å². The molecule has 0 aromatic carbocycles. The average molecular weight is 229 g/mol. The average Bonchev–Trinajstić information content (AvgIpc) is 2.14. The molecule has 3 atom stereocenters. The number of nitrogens with two attached hydrogens (primary N) is 1. The summed E-state index contributed by atoms with van der Waals surface area (Å²) in [6.07, 6.45) is 0. The van der Waals surface area contributed by atoms with Gasteiger partial charge in [-0.3, -0.25) is 9.59 Å². The fourth-order valence-electron chi connectivity index (χ4n) is 1.06. The Morgan fingerprint density at radius 3 is 1.81 bits per heavy atom. The number of carbonyl (C=O) groups is 2. The highest BCUT2D eigenvalue weighted by molar-refractivity contribution is 5.88. The standard InChI is InChI=1S/C11H23N3O2/c1-6(2)13-11(16)9(5)14-10(15)7(3)8(4)12/h6-9H,12H2,1-5H3,(H,13,16)(H,14,15). The van der Waals surface area contributed by atoms with Crippen LogP contribution in [0, 0.1) is 5.92 Å². The van der Waals surface area contributed by atoms with Crippen LogP contribution in [0.4, 0.5) is 0 Å². The highest BCUT2D eigenvalue weighted by atomic mass is 16.2. The molecule has 94 valence electrons. The summed E-state index contributed by atoms with van der Waals surface area (Å²) >= 11 is 0. The van der Waals surface area contributed by atoms with Crippen molar-refractivity contribution in [2.45, 2.75) is 52.7 Å². The summed E-state index contributed by atoms with van der Waals surface area (Å²) < 4.78 is 0. The van der Waals surface area contributed by atoms with Gasteiger partial charge in [0.1, 0.15) is 6.04 Å². The van der Waals surface area contributed by atoms with Gasteiger partial charge in [-0.15, -0.1) is 0 Å². The Balaban J connectivity index is 4.18. The normalized spacial score (nSPS) is 16.4. The Bertz CT molecular complexity index is 252. The second-order valence-corrected chi connectivity index (χ2v) is 4.54. The molecule has 5 heteroatoms. The number of nitrogens with one attached hydrogen (secondary N) is 2. The van der Waals surface area contributed by atoms with Crippen LogP contribution < -0.4 is 16.4 Å². The van der Waals surface area contributed by atoms with E-state index >= 15 is 0 Å². The van der Waals surface area contributed by atoms with Gasteiger partial charge in [-0.1, -0.05) is 6.92 Å². The number of hydrogen-bond donors (Lipinski definition) is 3. The van der Waals surface area contributed by atoms with Crippen LogP contribution in [0.25, 0.3) is 0 Å². The van der Waals surface area contributed by atoms with Crippen LogP contribution in [-0.2, 0) is 9.59 Å². The van der Waals surface area contributed by atoms with Crippen LogP contribution in [0.1, 0.15) is 34.6 Å². The van der Waals surface area contributed by atoms with E-state index < -0.39 is 6.04 Å². The van der Waals surface area contributed by atoms with E-state index in [-0.39, 0.29) is 29.8 Å².